The van der Waals surface area contributed by atoms with E-state index in [0.717, 1.165) is 34.8 Å². The van der Waals surface area contributed by atoms with Crippen molar-refractivity contribution in [2.75, 3.05) is 27.4 Å². The molecule has 0 fully saturated rings. The summed E-state index contributed by atoms with van der Waals surface area (Å²) in [6.07, 6.45) is 0.818. The van der Waals surface area contributed by atoms with Crippen LogP contribution in [0.1, 0.15) is 35.1 Å². The molecule has 4 heteroatoms. The zero-order chi connectivity index (χ0) is 18.4. The number of hydrogen-bond acceptors (Lipinski definition) is 4. The van der Waals surface area contributed by atoms with Gasteiger partial charge in [0.1, 0.15) is 5.75 Å². The Balaban J connectivity index is 2.33. The number of hydrogen-bond donors (Lipinski definition) is 1. The molecule has 2 rings (SSSR count). The molecule has 0 heterocycles. The number of aryl methyl sites for hydroxylation is 2. The smallest absolute Gasteiger partial charge is 0.161 e. The molecule has 2 aromatic rings. The second-order valence-corrected chi connectivity index (χ2v) is 6.23. The van der Waals surface area contributed by atoms with Crippen molar-refractivity contribution in [2.24, 2.45) is 5.73 Å². The molecule has 1 unspecified atom stereocenters. The van der Waals surface area contributed by atoms with Crippen molar-refractivity contribution >= 4 is 0 Å². The highest BCUT2D eigenvalue weighted by Gasteiger charge is 2.18. The highest BCUT2D eigenvalue weighted by atomic mass is 16.5. The predicted octanol–water partition coefficient (Wildman–Crippen LogP) is 4.00. The van der Waals surface area contributed by atoms with Crippen LogP contribution in [0.5, 0.6) is 17.2 Å². The summed E-state index contributed by atoms with van der Waals surface area (Å²) in [5.41, 5.74) is 10.9. The van der Waals surface area contributed by atoms with Crippen LogP contribution >= 0.6 is 0 Å². The van der Waals surface area contributed by atoms with E-state index in [4.69, 9.17) is 19.9 Å². The number of rotatable bonds is 8. The van der Waals surface area contributed by atoms with Crippen molar-refractivity contribution in [3.05, 3.63) is 52.6 Å². The maximum atomic E-state index is 6.10. The van der Waals surface area contributed by atoms with Crippen LogP contribution in [-0.4, -0.2) is 27.4 Å². The molecule has 0 aliphatic heterocycles. The highest BCUT2D eigenvalue weighted by molar-refractivity contribution is 5.46. The molecule has 0 aliphatic carbocycles. The first-order chi connectivity index (χ1) is 12.0. The van der Waals surface area contributed by atoms with E-state index in [1.54, 1.807) is 14.2 Å². The molecule has 2 N–H and O–H groups in total. The molecule has 0 bridgehead atoms. The molecular formula is C21H29NO3. The Morgan fingerprint density at radius 3 is 2.20 bits per heavy atom. The van der Waals surface area contributed by atoms with Crippen LogP contribution in [-0.2, 0) is 6.42 Å². The third kappa shape index (κ3) is 4.45. The number of benzene rings is 2. The zero-order valence-corrected chi connectivity index (χ0v) is 15.9. The standard InChI is InChI=1S/C21H29NO3/c1-6-25-19-8-7-16(12-21(19)24-5)11-17(13-22)18-9-14(2)15(3)10-20(18)23-4/h7-10,12,17H,6,11,13,22H2,1-5H3. The van der Waals surface area contributed by atoms with Gasteiger partial charge in [-0.15, -0.1) is 0 Å². The van der Waals surface area contributed by atoms with Crippen molar-refractivity contribution in [2.45, 2.75) is 33.1 Å². The molecule has 0 amide bonds. The van der Waals surface area contributed by atoms with E-state index < -0.39 is 0 Å². The van der Waals surface area contributed by atoms with Crippen LogP contribution in [0.15, 0.2) is 30.3 Å². The molecule has 0 radical (unpaired) electrons. The molecule has 0 aromatic heterocycles. The van der Waals surface area contributed by atoms with E-state index in [2.05, 4.69) is 32.0 Å². The Hall–Kier alpha value is -2.20. The van der Waals surface area contributed by atoms with Gasteiger partial charge in [0.15, 0.2) is 11.5 Å². The normalized spacial score (nSPS) is 11.9. The molecule has 0 saturated carbocycles. The third-order valence-corrected chi connectivity index (χ3v) is 4.58. The van der Waals surface area contributed by atoms with Gasteiger partial charge < -0.3 is 19.9 Å². The Bertz CT molecular complexity index is 713. The quantitative estimate of drug-likeness (QED) is 0.787. The fourth-order valence-corrected chi connectivity index (χ4v) is 3.03. The van der Waals surface area contributed by atoms with Gasteiger partial charge in [0.2, 0.25) is 0 Å². The van der Waals surface area contributed by atoms with E-state index in [9.17, 15) is 0 Å². The Kier molecular flexibility index (Phi) is 6.71. The van der Waals surface area contributed by atoms with Gasteiger partial charge in [-0.2, -0.15) is 0 Å². The summed E-state index contributed by atoms with van der Waals surface area (Å²) in [6, 6.07) is 10.3. The topological polar surface area (TPSA) is 53.7 Å². The van der Waals surface area contributed by atoms with E-state index in [0.29, 0.717) is 13.2 Å². The Morgan fingerprint density at radius 1 is 0.920 bits per heavy atom. The molecule has 0 aliphatic rings. The van der Waals surface area contributed by atoms with E-state index in [-0.39, 0.29) is 5.92 Å². The monoisotopic (exact) mass is 343 g/mol. The highest BCUT2D eigenvalue weighted by Crippen LogP contribution is 2.34. The van der Waals surface area contributed by atoms with E-state index in [1.165, 1.54) is 11.1 Å². The fraction of sp³-hybridized carbons (Fsp3) is 0.429. The van der Waals surface area contributed by atoms with Gasteiger partial charge in [-0.1, -0.05) is 12.1 Å². The third-order valence-electron chi connectivity index (χ3n) is 4.58. The van der Waals surface area contributed by atoms with Gasteiger partial charge in [0.25, 0.3) is 0 Å². The summed E-state index contributed by atoms with van der Waals surface area (Å²) in [4.78, 5) is 0. The molecule has 136 valence electrons. The number of methoxy groups -OCH3 is 2. The largest absolute Gasteiger partial charge is 0.496 e. The number of nitrogens with two attached hydrogens (primary N) is 1. The van der Waals surface area contributed by atoms with Gasteiger partial charge in [0.05, 0.1) is 20.8 Å². The van der Waals surface area contributed by atoms with Gasteiger partial charge in [0, 0.05) is 5.92 Å². The predicted molar refractivity (Wildman–Crippen MR) is 102 cm³/mol. The summed E-state index contributed by atoms with van der Waals surface area (Å²) in [5, 5.41) is 0. The molecule has 4 nitrogen and oxygen atoms in total. The lowest BCUT2D eigenvalue weighted by Crippen LogP contribution is -2.16. The van der Waals surface area contributed by atoms with Crippen LogP contribution in [0.2, 0.25) is 0 Å². The lowest BCUT2D eigenvalue weighted by molar-refractivity contribution is 0.310. The second kappa shape index (κ2) is 8.77. The van der Waals surface area contributed by atoms with Crippen molar-refractivity contribution < 1.29 is 14.2 Å². The summed E-state index contributed by atoms with van der Waals surface area (Å²) in [5.74, 6) is 2.59. The fourth-order valence-electron chi connectivity index (χ4n) is 3.03. The van der Waals surface area contributed by atoms with Crippen LogP contribution in [0.4, 0.5) is 0 Å². The first-order valence-corrected chi connectivity index (χ1v) is 8.68. The van der Waals surface area contributed by atoms with Crippen LogP contribution in [0, 0.1) is 13.8 Å². The van der Waals surface area contributed by atoms with Gasteiger partial charge >= 0.3 is 0 Å². The van der Waals surface area contributed by atoms with Crippen molar-refractivity contribution in [3.8, 4) is 17.2 Å². The van der Waals surface area contributed by atoms with Crippen molar-refractivity contribution in [1.29, 1.82) is 0 Å². The maximum Gasteiger partial charge on any atom is 0.161 e. The second-order valence-electron chi connectivity index (χ2n) is 6.23. The van der Waals surface area contributed by atoms with Crippen LogP contribution in [0.25, 0.3) is 0 Å². The first-order valence-electron chi connectivity index (χ1n) is 8.68. The Labute approximate surface area is 150 Å². The number of ether oxygens (including phenoxy) is 3. The average molecular weight is 343 g/mol. The summed E-state index contributed by atoms with van der Waals surface area (Å²) in [6.45, 7) is 7.33. The van der Waals surface area contributed by atoms with E-state index in [1.807, 2.05) is 19.1 Å². The molecule has 2 aromatic carbocycles. The summed E-state index contributed by atoms with van der Waals surface area (Å²) < 4.78 is 16.7. The summed E-state index contributed by atoms with van der Waals surface area (Å²) in [7, 11) is 3.37. The zero-order valence-electron chi connectivity index (χ0n) is 15.9. The molecule has 1 atom stereocenters. The minimum Gasteiger partial charge on any atom is -0.496 e. The molecular weight excluding hydrogens is 314 g/mol. The van der Waals surface area contributed by atoms with Crippen molar-refractivity contribution in [3.63, 3.8) is 0 Å². The SMILES string of the molecule is CCOc1ccc(CC(CN)c2cc(C)c(C)cc2OC)cc1OC. The van der Waals surface area contributed by atoms with Gasteiger partial charge in [-0.3, -0.25) is 0 Å². The molecule has 25 heavy (non-hydrogen) atoms. The van der Waals surface area contributed by atoms with Crippen molar-refractivity contribution in [1.82, 2.24) is 0 Å². The average Bonchev–Trinajstić information content (AvgIpc) is 2.62. The van der Waals surface area contributed by atoms with Gasteiger partial charge in [-0.25, -0.2) is 0 Å². The molecule has 0 saturated heterocycles. The first kappa shape index (κ1) is 19.1. The lowest BCUT2D eigenvalue weighted by atomic mass is 9.89. The molecule has 0 spiro atoms. The van der Waals surface area contributed by atoms with E-state index >= 15 is 0 Å². The Morgan fingerprint density at radius 2 is 1.60 bits per heavy atom. The lowest BCUT2D eigenvalue weighted by Gasteiger charge is -2.21. The summed E-state index contributed by atoms with van der Waals surface area (Å²) >= 11 is 0. The van der Waals surface area contributed by atoms with Crippen LogP contribution < -0.4 is 19.9 Å². The van der Waals surface area contributed by atoms with Crippen LogP contribution in [0.3, 0.4) is 0 Å². The minimum atomic E-state index is 0.178. The van der Waals surface area contributed by atoms with Gasteiger partial charge in [-0.05, 0) is 74.2 Å². The maximum absolute atomic E-state index is 6.10. The minimum absolute atomic E-state index is 0.178.